The van der Waals surface area contributed by atoms with Gasteiger partial charge in [-0.3, -0.25) is 9.59 Å². The van der Waals surface area contributed by atoms with Crippen LogP contribution >= 0.6 is 0 Å². The Morgan fingerprint density at radius 3 is 2.47 bits per heavy atom. The summed E-state index contributed by atoms with van der Waals surface area (Å²) >= 11 is 0. The second kappa shape index (κ2) is 6.43. The number of aliphatic carboxylic acids is 1. The maximum Gasteiger partial charge on any atom is 0.303 e. The van der Waals surface area contributed by atoms with Crippen LogP contribution in [0.15, 0.2) is 0 Å². The van der Waals surface area contributed by atoms with E-state index in [4.69, 9.17) is 5.11 Å². The molecule has 0 heterocycles. The third-order valence-electron chi connectivity index (χ3n) is 2.84. The summed E-state index contributed by atoms with van der Waals surface area (Å²) in [4.78, 5) is 21.7. The highest BCUT2D eigenvalue weighted by Gasteiger charge is 2.21. The number of carboxylic acids is 1. The van der Waals surface area contributed by atoms with E-state index in [1.807, 2.05) is 0 Å². The first-order valence-corrected chi connectivity index (χ1v) is 5.69. The molecule has 0 aromatic carbocycles. The Morgan fingerprint density at radius 2 is 1.87 bits per heavy atom. The maximum atomic E-state index is 11.5. The van der Waals surface area contributed by atoms with Crippen LogP contribution in [0.3, 0.4) is 0 Å². The number of hydrogen-bond donors (Lipinski definition) is 2. The SMILES string of the molecule is O=C(O)CCCCNC(=O)C1CCCC1. The van der Waals surface area contributed by atoms with Gasteiger partial charge in [-0.15, -0.1) is 0 Å². The van der Waals surface area contributed by atoms with Crippen LogP contribution in [0.5, 0.6) is 0 Å². The zero-order valence-corrected chi connectivity index (χ0v) is 9.00. The lowest BCUT2D eigenvalue weighted by Crippen LogP contribution is -2.30. The maximum absolute atomic E-state index is 11.5. The van der Waals surface area contributed by atoms with Gasteiger partial charge in [0.25, 0.3) is 0 Å². The third-order valence-corrected chi connectivity index (χ3v) is 2.84. The van der Waals surface area contributed by atoms with Crippen LogP contribution < -0.4 is 5.32 Å². The summed E-state index contributed by atoms with van der Waals surface area (Å²) in [6.45, 7) is 0.614. The first-order valence-electron chi connectivity index (χ1n) is 5.69. The van der Waals surface area contributed by atoms with Crippen LogP contribution in [0.4, 0.5) is 0 Å². The summed E-state index contributed by atoms with van der Waals surface area (Å²) in [7, 11) is 0. The summed E-state index contributed by atoms with van der Waals surface area (Å²) in [5.74, 6) is -0.399. The minimum atomic E-state index is -0.767. The van der Waals surface area contributed by atoms with E-state index in [2.05, 4.69) is 5.32 Å². The van der Waals surface area contributed by atoms with Gasteiger partial charge < -0.3 is 10.4 Å². The number of carbonyl (C=O) groups excluding carboxylic acids is 1. The number of hydrogen-bond acceptors (Lipinski definition) is 2. The zero-order chi connectivity index (χ0) is 11.1. The molecule has 0 aromatic heterocycles. The van der Waals surface area contributed by atoms with E-state index in [1.165, 1.54) is 0 Å². The van der Waals surface area contributed by atoms with Crippen molar-refractivity contribution in [2.75, 3.05) is 6.54 Å². The molecule has 0 aliphatic heterocycles. The molecule has 0 spiro atoms. The highest BCUT2D eigenvalue weighted by molar-refractivity contribution is 5.78. The van der Waals surface area contributed by atoms with E-state index < -0.39 is 5.97 Å². The molecule has 1 aliphatic rings. The van der Waals surface area contributed by atoms with Gasteiger partial charge in [-0.2, -0.15) is 0 Å². The molecule has 1 fully saturated rings. The summed E-state index contributed by atoms with van der Waals surface area (Å²) < 4.78 is 0. The fraction of sp³-hybridized carbons (Fsp3) is 0.818. The second-order valence-corrected chi connectivity index (χ2v) is 4.12. The van der Waals surface area contributed by atoms with E-state index in [1.54, 1.807) is 0 Å². The summed E-state index contributed by atoms with van der Waals surface area (Å²) in [6.07, 6.45) is 5.94. The predicted molar refractivity (Wildman–Crippen MR) is 56.5 cm³/mol. The lowest BCUT2D eigenvalue weighted by atomic mass is 10.1. The topological polar surface area (TPSA) is 66.4 Å². The molecule has 86 valence electrons. The number of rotatable bonds is 6. The largest absolute Gasteiger partial charge is 0.481 e. The van der Waals surface area contributed by atoms with Crippen molar-refractivity contribution >= 4 is 11.9 Å². The molecule has 0 atom stereocenters. The van der Waals surface area contributed by atoms with Crippen LogP contribution in [0, 0.1) is 5.92 Å². The minimum absolute atomic E-state index is 0.155. The molecule has 15 heavy (non-hydrogen) atoms. The fourth-order valence-corrected chi connectivity index (χ4v) is 1.95. The molecule has 1 amide bonds. The zero-order valence-electron chi connectivity index (χ0n) is 9.00. The Hall–Kier alpha value is -1.06. The van der Waals surface area contributed by atoms with Crippen molar-refractivity contribution in [3.63, 3.8) is 0 Å². The quantitative estimate of drug-likeness (QED) is 0.658. The molecular formula is C11H19NO3. The Kier molecular flexibility index (Phi) is 5.15. The Labute approximate surface area is 90.0 Å². The van der Waals surface area contributed by atoms with Crippen LogP contribution in [0.1, 0.15) is 44.9 Å². The molecule has 1 rings (SSSR count). The molecule has 0 unspecified atom stereocenters. The number of carbonyl (C=O) groups is 2. The van der Waals surface area contributed by atoms with Gasteiger partial charge in [0.05, 0.1) is 0 Å². The molecule has 0 bridgehead atoms. The summed E-state index contributed by atoms with van der Waals surface area (Å²) in [6, 6.07) is 0. The predicted octanol–water partition coefficient (Wildman–Crippen LogP) is 1.55. The monoisotopic (exact) mass is 213 g/mol. The number of nitrogens with one attached hydrogen (secondary N) is 1. The van der Waals surface area contributed by atoms with Gasteiger partial charge in [0.2, 0.25) is 5.91 Å². The van der Waals surface area contributed by atoms with Crippen LogP contribution in [0.2, 0.25) is 0 Å². The molecule has 0 saturated heterocycles. The van der Waals surface area contributed by atoms with E-state index >= 15 is 0 Å². The molecule has 1 aliphatic carbocycles. The Bertz CT molecular complexity index is 222. The summed E-state index contributed by atoms with van der Waals surface area (Å²) in [5.41, 5.74) is 0. The van der Waals surface area contributed by atoms with Crippen LogP contribution in [-0.2, 0) is 9.59 Å². The molecule has 0 radical (unpaired) electrons. The van der Waals surface area contributed by atoms with Gasteiger partial charge in [-0.25, -0.2) is 0 Å². The van der Waals surface area contributed by atoms with Crippen molar-refractivity contribution in [2.45, 2.75) is 44.9 Å². The van der Waals surface area contributed by atoms with Crippen LogP contribution in [-0.4, -0.2) is 23.5 Å². The van der Waals surface area contributed by atoms with Gasteiger partial charge in [-0.1, -0.05) is 12.8 Å². The van der Waals surface area contributed by atoms with Crippen molar-refractivity contribution in [2.24, 2.45) is 5.92 Å². The van der Waals surface area contributed by atoms with Crippen molar-refractivity contribution < 1.29 is 14.7 Å². The lowest BCUT2D eigenvalue weighted by Gasteiger charge is -2.09. The average molecular weight is 213 g/mol. The van der Waals surface area contributed by atoms with Crippen LogP contribution in [0.25, 0.3) is 0 Å². The lowest BCUT2D eigenvalue weighted by molar-refractivity contribution is -0.137. The van der Waals surface area contributed by atoms with Gasteiger partial charge in [-0.05, 0) is 25.7 Å². The molecule has 4 heteroatoms. The molecular weight excluding hydrogens is 194 g/mol. The molecule has 4 nitrogen and oxygen atoms in total. The highest BCUT2D eigenvalue weighted by Crippen LogP contribution is 2.24. The second-order valence-electron chi connectivity index (χ2n) is 4.12. The van der Waals surface area contributed by atoms with Gasteiger partial charge in [0.15, 0.2) is 0 Å². The first-order chi connectivity index (χ1) is 7.20. The average Bonchev–Trinajstić information content (AvgIpc) is 2.69. The van der Waals surface area contributed by atoms with Crippen molar-refractivity contribution in [1.82, 2.24) is 5.32 Å². The van der Waals surface area contributed by atoms with E-state index in [0.29, 0.717) is 13.0 Å². The molecule has 0 aromatic rings. The van der Waals surface area contributed by atoms with Crippen molar-refractivity contribution in [1.29, 1.82) is 0 Å². The fourth-order valence-electron chi connectivity index (χ4n) is 1.95. The van der Waals surface area contributed by atoms with Crippen molar-refractivity contribution in [3.8, 4) is 0 Å². The number of unbranched alkanes of at least 4 members (excludes halogenated alkanes) is 1. The first kappa shape index (κ1) is 12.0. The highest BCUT2D eigenvalue weighted by atomic mass is 16.4. The smallest absolute Gasteiger partial charge is 0.303 e. The molecule has 2 N–H and O–H groups in total. The van der Waals surface area contributed by atoms with Gasteiger partial charge in [0, 0.05) is 18.9 Å². The van der Waals surface area contributed by atoms with Gasteiger partial charge >= 0.3 is 5.97 Å². The summed E-state index contributed by atoms with van der Waals surface area (Å²) in [5, 5.41) is 11.3. The third kappa shape index (κ3) is 4.81. The Morgan fingerprint density at radius 1 is 1.20 bits per heavy atom. The number of amides is 1. The normalized spacial score (nSPS) is 16.5. The standard InChI is InChI=1S/C11H19NO3/c13-10(14)7-3-4-8-12-11(15)9-5-1-2-6-9/h9H,1-8H2,(H,12,15)(H,13,14). The van der Waals surface area contributed by atoms with Gasteiger partial charge in [0.1, 0.15) is 0 Å². The van der Waals surface area contributed by atoms with Crippen molar-refractivity contribution in [3.05, 3.63) is 0 Å². The Balaban J connectivity index is 1.99. The van der Waals surface area contributed by atoms with E-state index in [-0.39, 0.29) is 18.2 Å². The molecule has 1 saturated carbocycles. The van der Waals surface area contributed by atoms with E-state index in [9.17, 15) is 9.59 Å². The van der Waals surface area contributed by atoms with E-state index in [0.717, 1.165) is 32.1 Å². The number of carboxylic acid groups (broad SMARTS) is 1. The minimum Gasteiger partial charge on any atom is -0.481 e.